The van der Waals surface area contributed by atoms with Crippen molar-refractivity contribution in [2.24, 2.45) is 7.05 Å². The molecule has 3 aliphatic rings. The van der Waals surface area contributed by atoms with Gasteiger partial charge in [-0.3, -0.25) is 14.3 Å². The number of likely N-dealkylation sites (tertiary alicyclic amines) is 1. The van der Waals surface area contributed by atoms with E-state index in [2.05, 4.69) is 15.6 Å². The zero-order valence-electron chi connectivity index (χ0n) is 19.1. The molecule has 9 nitrogen and oxygen atoms in total. The number of amides is 2. The van der Waals surface area contributed by atoms with Crippen LogP contribution in [0, 0.1) is 13.8 Å². The predicted molar refractivity (Wildman–Crippen MR) is 115 cm³/mol. The first-order valence-corrected chi connectivity index (χ1v) is 11.5. The smallest absolute Gasteiger partial charge is 0.272 e. The summed E-state index contributed by atoms with van der Waals surface area (Å²) in [6.07, 6.45) is 5.52. The average molecular weight is 442 g/mol. The minimum absolute atomic E-state index is 0.0948. The van der Waals surface area contributed by atoms with Crippen molar-refractivity contribution in [2.75, 3.05) is 13.1 Å². The number of fused-ring (bicyclic) bond motifs is 1. The fourth-order valence-corrected chi connectivity index (χ4v) is 4.95. The number of aromatic nitrogens is 3. The summed E-state index contributed by atoms with van der Waals surface area (Å²) in [6.45, 7) is 5.56. The second kappa shape index (κ2) is 8.03. The van der Waals surface area contributed by atoms with Crippen LogP contribution in [0.4, 0.5) is 0 Å². The Morgan fingerprint density at radius 3 is 2.62 bits per heavy atom. The molecular weight excluding hydrogens is 410 g/mol. The van der Waals surface area contributed by atoms with E-state index in [0.29, 0.717) is 44.3 Å². The largest absolute Gasteiger partial charge is 0.370 e. The Morgan fingerprint density at radius 2 is 1.97 bits per heavy atom. The van der Waals surface area contributed by atoms with E-state index in [9.17, 15) is 9.59 Å². The Hall–Kier alpha value is -2.68. The van der Waals surface area contributed by atoms with Crippen LogP contribution in [-0.2, 0) is 36.0 Å². The first-order valence-electron chi connectivity index (χ1n) is 11.5. The van der Waals surface area contributed by atoms with Crippen molar-refractivity contribution >= 4 is 11.8 Å². The molecule has 1 N–H and O–H groups in total. The zero-order valence-corrected chi connectivity index (χ0v) is 19.1. The number of nitrogens with one attached hydrogen (secondary N) is 1. The lowest BCUT2D eigenvalue weighted by atomic mass is 9.83. The number of aryl methyl sites for hydroxylation is 3. The van der Waals surface area contributed by atoms with Gasteiger partial charge in [0.05, 0.1) is 17.9 Å². The Bertz CT molecular complexity index is 1020. The van der Waals surface area contributed by atoms with E-state index < -0.39 is 0 Å². The van der Waals surface area contributed by atoms with Gasteiger partial charge in [-0.05, 0) is 46.0 Å². The lowest BCUT2D eigenvalue weighted by molar-refractivity contribution is -0.141. The molecule has 1 saturated heterocycles. The predicted octanol–water partition coefficient (Wildman–Crippen LogP) is 1.98. The third-order valence-electron chi connectivity index (χ3n) is 7.21. The van der Waals surface area contributed by atoms with E-state index in [0.717, 1.165) is 60.4 Å². The highest BCUT2D eigenvalue weighted by atomic mass is 16.5. The number of carbonyl (C=O) groups excluding carboxylic acids is 2. The van der Waals surface area contributed by atoms with Crippen molar-refractivity contribution in [3.63, 3.8) is 0 Å². The minimum atomic E-state index is -0.288. The molecule has 172 valence electrons. The molecule has 0 unspecified atom stereocenters. The topological polar surface area (TPSA) is 102 Å². The van der Waals surface area contributed by atoms with Gasteiger partial charge in [0.1, 0.15) is 5.76 Å². The van der Waals surface area contributed by atoms with E-state index in [1.807, 2.05) is 30.5 Å². The fourth-order valence-electron chi connectivity index (χ4n) is 4.95. The van der Waals surface area contributed by atoms with Gasteiger partial charge >= 0.3 is 0 Å². The summed E-state index contributed by atoms with van der Waals surface area (Å²) in [5.41, 5.74) is 4.10. The summed E-state index contributed by atoms with van der Waals surface area (Å²) < 4.78 is 13.4. The minimum Gasteiger partial charge on any atom is -0.370 e. The van der Waals surface area contributed by atoms with Crippen molar-refractivity contribution in [3.8, 4) is 0 Å². The number of hydrogen-bond donors (Lipinski definition) is 1. The number of nitrogens with zero attached hydrogens (tertiary/aromatic N) is 4. The van der Waals surface area contributed by atoms with Gasteiger partial charge in [-0.2, -0.15) is 5.10 Å². The van der Waals surface area contributed by atoms with Crippen LogP contribution in [0.3, 0.4) is 0 Å². The van der Waals surface area contributed by atoms with Crippen LogP contribution >= 0.6 is 0 Å². The molecule has 2 fully saturated rings. The maximum absolute atomic E-state index is 12.8. The summed E-state index contributed by atoms with van der Waals surface area (Å²) in [7, 11) is 1.90. The summed E-state index contributed by atoms with van der Waals surface area (Å²) in [4.78, 5) is 27.3. The molecule has 0 bridgehead atoms. The van der Waals surface area contributed by atoms with Gasteiger partial charge in [-0.1, -0.05) is 5.16 Å². The molecule has 0 atom stereocenters. The molecule has 32 heavy (non-hydrogen) atoms. The van der Waals surface area contributed by atoms with Crippen LogP contribution in [-0.4, -0.2) is 56.4 Å². The molecule has 5 rings (SSSR count). The number of ether oxygens (including phenoxy) is 1. The van der Waals surface area contributed by atoms with Crippen LogP contribution in [0.15, 0.2) is 4.52 Å². The van der Waals surface area contributed by atoms with E-state index in [1.54, 1.807) is 0 Å². The van der Waals surface area contributed by atoms with Crippen LogP contribution in [0.5, 0.6) is 0 Å². The lowest BCUT2D eigenvalue weighted by Gasteiger charge is -2.44. The highest BCUT2D eigenvalue weighted by molar-refractivity contribution is 5.94. The van der Waals surface area contributed by atoms with Crippen LogP contribution < -0.4 is 5.32 Å². The fraction of sp³-hybridized carbons (Fsp3) is 0.652. The third kappa shape index (κ3) is 3.94. The molecule has 1 saturated carbocycles. The van der Waals surface area contributed by atoms with Crippen molar-refractivity contribution in [1.82, 2.24) is 25.2 Å². The second-order valence-electron chi connectivity index (χ2n) is 9.48. The molecule has 4 heterocycles. The monoisotopic (exact) mass is 441 g/mol. The van der Waals surface area contributed by atoms with Gasteiger partial charge in [-0.25, -0.2) is 0 Å². The molecule has 2 amide bonds. The average Bonchev–Trinajstić information content (AvgIpc) is 3.46. The molecule has 2 aromatic heterocycles. The standard InChI is InChI=1S/C23H31N5O4/c1-14-17(15(2)32-26-14)6-7-20(29)28-10-8-23(9-11-28)12-19-18(13-31-23)21(25-27(19)3)22(30)24-16-4-5-16/h16H,4-13H2,1-3H3,(H,24,30). The first kappa shape index (κ1) is 21.2. The van der Waals surface area contributed by atoms with E-state index >= 15 is 0 Å². The second-order valence-corrected chi connectivity index (χ2v) is 9.48. The first-order chi connectivity index (χ1) is 15.3. The highest BCUT2D eigenvalue weighted by Crippen LogP contribution is 2.37. The van der Waals surface area contributed by atoms with E-state index in [-0.39, 0.29) is 17.4 Å². The number of carbonyl (C=O) groups is 2. The normalized spacial score (nSPS) is 19.8. The summed E-state index contributed by atoms with van der Waals surface area (Å²) in [6, 6.07) is 0.301. The molecule has 0 radical (unpaired) electrons. The molecule has 1 aliphatic carbocycles. The van der Waals surface area contributed by atoms with Gasteiger partial charge in [0.15, 0.2) is 5.69 Å². The Kier molecular flexibility index (Phi) is 5.31. The van der Waals surface area contributed by atoms with Crippen LogP contribution in [0.25, 0.3) is 0 Å². The van der Waals surface area contributed by atoms with Crippen molar-refractivity contribution in [3.05, 3.63) is 34.0 Å². The number of hydrogen-bond acceptors (Lipinski definition) is 6. The van der Waals surface area contributed by atoms with E-state index in [4.69, 9.17) is 9.26 Å². The molecule has 9 heteroatoms. The maximum atomic E-state index is 12.8. The van der Waals surface area contributed by atoms with Crippen LogP contribution in [0.2, 0.25) is 0 Å². The summed E-state index contributed by atoms with van der Waals surface area (Å²) >= 11 is 0. The molecule has 2 aromatic rings. The van der Waals surface area contributed by atoms with Crippen molar-refractivity contribution in [2.45, 2.75) is 77.0 Å². The van der Waals surface area contributed by atoms with Crippen molar-refractivity contribution < 1.29 is 18.8 Å². The van der Waals surface area contributed by atoms with Gasteiger partial charge < -0.3 is 19.5 Å². The Labute approximate surface area is 187 Å². The van der Waals surface area contributed by atoms with Crippen LogP contribution in [0.1, 0.15) is 70.9 Å². The number of piperidine rings is 1. The quantitative estimate of drug-likeness (QED) is 0.761. The van der Waals surface area contributed by atoms with Gasteiger partial charge in [-0.15, -0.1) is 0 Å². The van der Waals surface area contributed by atoms with Crippen molar-refractivity contribution in [1.29, 1.82) is 0 Å². The number of rotatable bonds is 5. The summed E-state index contributed by atoms with van der Waals surface area (Å²) in [5, 5.41) is 11.5. The third-order valence-corrected chi connectivity index (χ3v) is 7.21. The molecule has 1 spiro atoms. The van der Waals surface area contributed by atoms with E-state index in [1.165, 1.54) is 0 Å². The molecule has 2 aliphatic heterocycles. The highest BCUT2D eigenvalue weighted by Gasteiger charge is 2.42. The Morgan fingerprint density at radius 1 is 1.22 bits per heavy atom. The lowest BCUT2D eigenvalue weighted by Crippen LogP contribution is -2.50. The zero-order chi connectivity index (χ0) is 22.5. The maximum Gasteiger partial charge on any atom is 0.272 e. The van der Waals surface area contributed by atoms with Gasteiger partial charge in [0.25, 0.3) is 5.91 Å². The molecule has 0 aromatic carbocycles. The van der Waals surface area contributed by atoms with Gasteiger partial charge in [0, 0.05) is 55.8 Å². The molecular formula is C23H31N5O4. The summed E-state index contributed by atoms with van der Waals surface area (Å²) in [5.74, 6) is 0.860. The van der Waals surface area contributed by atoms with Gasteiger partial charge in [0.2, 0.25) is 5.91 Å². The Balaban J connectivity index is 1.19. The SMILES string of the molecule is Cc1noc(C)c1CCC(=O)N1CCC2(CC1)Cc1c(c(C(=O)NC3CC3)nn1C)CO2.